The van der Waals surface area contributed by atoms with E-state index >= 15 is 0 Å². The Morgan fingerprint density at radius 2 is 1.26 bits per heavy atom. The van der Waals surface area contributed by atoms with Gasteiger partial charge in [-0.15, -0.1) is 0 Å². The molecule has 0 atom stereocenters. The highest BCUT2D eigenvalue weighted by molar-refractivity contribution is 9.10. The van der Waals surface area contributed by atoms with Crippen LogP contribution in [-0.2, 0) is 15.2 Å². The minimum atomic E-state index is -0.512. The molecule has 0 aromatic heterocycles. The molecule has 0 radical (unpaired) electrons. The van der Waals surface area contributed by atoms with E-state index < -0.39 is 5.60 Å². The first-order chi connectivity index (χ1) is 18.1. The van der Waals surface area contributed by atoms with Crippen molar-refractivity contribution in [3.8, 4) is 16.9 Å². The van der Waals surface area contributed by atoms with Crippen molar-refractivity contribution in [2.75, 3.05) is 0 Å². The van der Waals surface area contributed by atoms with E-state index in [2.05, 4.69) is 56.1 Å². The molecule has 3 rings (SSSR count). The molecule has 0 amide bonds. The van der Waals surface area contributed by atoms with Gasteiger partial charge in [0.05, 0.1) is 11.5 Å². The van der Waals surface area contributed by atoms with Gasteiger partial charge < -0.3 is 14.9 Å². The zero-order valence-electron chi connectivity index (χ0n) is 22.1. The van der Waals surface area contributed by atoms with E-state index in [0.29, 0.717) is 12.8 Å². The molecule has 204 valence electrons. The first-order valence-corrected chi connectivity index (χ1v) is 14.8. The van der Waals surface area contributed by atoms with Gasteiger partial charge in [0.25, 0.3) is 0 Å². The number of hydrogen-bond acceptors (Lipinski definition) is 5. The normalized spacial score (nSPS) is 16.9. The second-order valence-corrected chi connectivity index (χ2v) is 11.9. The van der Waals surface area contributed by atoms with Gasteiger partial charge in [-0.25, -0.2) is 0 Å². The van der Waals surface area contributed by atoms with Crippen LogP contribution in [0.15, 0.2) is 69.0 Å². The molecular formula is C31H36Br2O5. The third-order valence-electron chi connectivity index (χ3n) is 6.78. The Morgan fingerprint density at radius 3 is 1.79 bits per heavy atom. The fraction of sp³-hybridized carbons (Fsp3) is 0.419. The van der Waals surface area contributed by atoms with Crippen LogP contribution in [0.4, 0.5) is 0 Å². The molecule has 0 bridgehead atoms. The average molecular weight is 648 g/mol. The number of carbonyl (C=O) groups excluding carboxylic acids is 2. The Morgan fingerprint density at radius 1 is 0.763 bits per heavy atom. The van der Waals surface area contributed by atoms with Crippen LogP contribution in [-0.4, -0.2) is 21.8 Å². The Hall–Kier alpha value is -2.38. The third-order valence-corrected chi connectivity index (χ3v) is 7.76. The van der Waals surface area contributed by atoms with Crippen LogP contribution in [0.2, 0.25) is 0 Å². The van der Waals surface area contributed by atoms with Crippen LogP contribution in [0.1, 0.15) is 83.6 Å². The number of rotatable bonds is 14. The summed E-state index contributed by atoms with van der Waals surface area (Å²) in [4.78, 5) is 22.4. The fourth-order valence-corrected chi connectivity index (χ4v) is 5.79. The predicted molar refractivity (Wildman–Crippen MR) is 159 cm³/mol. The summed E-state index contributed by atoms with van der Waals surface area (Å²) in [7, 11) is 0. The zero-order chi connectivity index (χ0) is 27.7. The van der Waals surface area contributed by atoms with Gasteiger partial charge in [-0.05, 0) is 88.3 Å². The van der Waals surface area contributed by atoms with Crippen molar-refractivity contribution in [1.29, 1.82) is 0 Å². The Bertz CT molecular complexity index is 1170. The van der Waals surface area contributed by atoms with Crippen LogP contribution in [0.3, 0.4) is 0 Å². The molecule has 5 nitrogen and oxygen atoms in total. The second kappa shape index (κ2) is 14.1. The number of unbranched alkanes of at least 4 members (excludes halogenated alkanes) is 4. The number of fused-ring (bicyclic) bond motifs is 3. The molecule has 2 N–H and O–H groups in total. The summed E-state index contributed by atoms with van der Waals surface area (Å²) >= 11 is 7.26. The molecular weight excluding hydrogens is 612 g/mol. The van der Waals surface area contributed by atoms with Gasteiger partial charge in [0.15, 0.2) is 11.6 Å². The molecule has 0 spiro atoms. The summed E-state index contributed by atoms with van der Waals surface area (Å²) < 4.78 is 8.85. The lowest BCUT2D eigenvalue weighted by atomic mass is 9.77. The van der Waals surface area contributed by atoms with E-state index in [1.807, 2.05) is 12.1 Å². The van der Waals surface area contributed by atoms with Gasteiger partial charge in [0.2, 0.25) is 0 Å². The van der Waals surface area contributed by atoms with Crippen molar-refractivity contribution in [3.63, 3.8) is 0 Å². The Labute approximate surface area is 242 Å². The molecule has 7 heteroatoms. The predicted octanol–water partition coefficient (Wildman–Crippen LogP) is 9.43. The van der Waals surface area contributed by atoms with Gasteiger partial charge in [-0.3, -0.25) is 9.59 Å². The Balaban J connectivity index is 1.79. The molecule has 1 heterocycles. The second-order valence-electron chi connectivity index (χ2n) is 10.0. The lowest BCUT2D eigenvalue weighted by Crippen LogP contribution is -2.36. The number of allylic oxidation sites excluding steroid dienone is 4. The SMILES string of the molecule is CC(=O)/C=C(\O)CCCCCC1(CCCCC/C(O)=C/C(C)=O)Oc2cc(Br)ccc2-c2ccc(Br)cc21. The zero-order valence-corrected chi connectivity index (χ0v) is 25.2. The van der Waals surface area contributed by atoms with E-state index in [9.17, 15) is 19.8 Å². The average Bonchev–Trinajstić information content (AvgIpc) is 2.82. The summed E-state index contributed by atoms with van der Waals surface area (Å²) in [6.45, 7) is 2.88. The number of carbonyl (C=O) groups is 2. The van der Waals surface area contributed by atoms with E-state index in [1.165, 1.54) is 37.1 Å². The van der Waals surface area contributed by atoms with Crippen molar-refractivity contribution in [2.24, 2.45) is 0 Å². The van der Waals surface area contributed by atoms with Crippen molar-refractivity contribution in [2.45, 2.75) is 83.7 Å². The van der Waals surface area contributed by atoms with E-state index in [1.54, 1.807) is 0 Å². The smallest absolute Gasteiger partial charge is 0.155 e. The summed E-state index contributed by atoms with van der Waals surface area (Å²) in [6.07, 6.45) is 10.4. The molecule has 0 unspecified atom stereocenters. The van der Waals surface area contributed by atoms with Gasteiger partial charge in [-0.1, -0.05) is 50.8 Å². The minimum Gasteiger partial charge on any atom is -0.512 e. The number of benzene rings is 2. The lowest BCUT2D eigenvalue weighted by Gasteiger charge is -2.41. The molecule has 2 aromatic rings. The number of ether oxygens (including phenoxy) is 1. The van der Waals surface area contributed by atoms with Crippen molar-refractivity contribution in [3.05, 3.63) is 74.6 Å². The maximum atomic E-state index is 11.2. The topological polar surface area (TPSA) is 83.8 Å². The first-order valence-electron chi connectivity index (χ1n) is 13.2. The molecule has 0 saturated carbocycles. The number of ketones is 2. The van der Waals surface area contributed by atoms with E-state index in [0.717, 1.165) is 71.6 Å². The van der Waals surface area contributed by atoms with Crippen LogP contribution < -0.4 is 4.74 Å². The molecule has 1 aliphatic heterocycles. The van der Waals surface area contributed by atoms with Crippen molar-refractivity contribution < 1.29 is 24.5 Å². The van der Waals surface area contributed by atoms with Crippen LogP contribution >= 0.6 is 31.9 Å². The summed E-state index contributed by atoms with van der Waals surface area (Å²) in [5.41, 5.74) is 2.90. The quantitative estimate of drug-likeness (QED) is 0.121. The minimum absolute atomic E-state index is 0.135. The summed E-state index contributed by atoms with van der Waals surface area (Å²) in [5, 5.41) is 19.9. The highest BCUT2D eigenvalue weighted by Crippen LogP contribution is 2.51. The maximum Gasteiger partial charge on any atom is 0.155 e. The molecule has 2 aromatic carbocycles. The van der Waals surface area contributed by atoms with Gasteiger partial charge in [0, 0.05) is 45.1 Å². The number of halogens is 2. The van der Waals surface area contributed by atoms with Gasteiger partial charge >= 0.3 is 0 Å². The number of hydrogen-bond donors (Lipinski definition) is 2. The highest BCUT2D eigenvalue weighted by atomic mass is 79.9. The third kappa shape index (κ3) is 8.57. The first kappa shape index (κ1) is 30.2. The largest absolute Gasteiger partial charge is 0.512 e. The Kier molecular flexibility index (Phi) is 11.2. The molecule has 0 aliphatic carbocycles. The fourth-order valence-electron chi connectivity index (χ4n) is 5.09. The monoisotopic (exact) mass is 646 g/mol. The van der Waals surface area contributed by atoms with E-state index in [-0.39, 0.29) is 23.1 Å². The molecule has 0 saturated heterocycles. The van der Waals surface area contributed by atoms with Gasteiger partial charge in [0.1, 0.15) is 11.4 Å². The number of aliphatic hydroxyl groups is 2. The number of aliphatic hydroxyl groups excluding tert-OH is 2. The van der Waals surface area contributed by atoms with Crippen LogP contribution in [0.25, 0.3) is 11.1 Å². The highest BCUT2D eigenvalue weighted by Gasteiger charge is 2.40. The van der Waals surface area contributed by atoms with Crippen LogP contribution in [0, 0.1) is 0 Å². The lowest BCUT2D eigenvalue weighted by molar-refractivity contribution is -0.113. The summed E-state index contributed by atoms with van der Waals surface area (Å²) in [5.74, 6) is 0.842. The summed E-state index contributed by atoms with van der Waals surface area (Å²) in [6, 6.07) is 12.5. The van der Waals surface area contributed by atoms with Crippen molar-refractivity contribution >= 4 is 43.4 Å². The standard InChI is InChI=1S/C31H36Br2O5/c1-21(34)17-25(36)9-5-3-7-15-31(16-8-4-6-10-26(37)18-22(2)35)29-19-23(32)11-13-27(29)28-14-12-24(33)20-30(28)38-31/h11-14,17-20,36-37H,3-10,15-16H2,1-2H3/b25-17-,26-18-. The maximum absolute atomic E-state index is 11.2. The molecule has 1 aliphatic rings. The van der Waals surface area contributed by atoms with E-state index in [4.69, 9.17) is 4.74 Å². The molecule has 38 heavy (non-hydrogen) atoms. The van der Waals surface area contributed by atoms with Gasteiger partial charge in [-0.2, -0.15) is 0 Å². The molecule has 0 fully saturated rings. The van der Waals surface area contributed by atoms with Crippen LogP contribution in [0.5, 0.6) is 5.75 Å². The van der Waals surface area contributed by atoms with Crippen molar-refractivity contribution in [1.82, 2.24) is 0 Å².